The third-order valence-electron chi connectivity index (χ3n) is 2.56. The first-order chi connectivity index (χ1) is 9.60. The van der Waals surface area contributed by atoms with Crippen molar-refractivity contribution in [3.8, 4) is 0 Å². The second-order valence-electron chi connectivity index (χ2n) is 4.23. The monoisotopic (exact) mass is 272 g/mol. The van der Waals surface area contributed by atoms with Gasteiger partial charge in [0, 0.05) is 6.20 Å². The van der Waals surface area contributed by atoms with Crippen LogP contribution in [0.15, 0.2) is 30.6 Å². The fourth-order valence-corrected chi connectivity index (χ4v) is 1.63. The van der Waals surface area contributed by atoms with Crippen molar-refractivity contribution in [3.63, 3.8) is 0 Å². The lowest BCUT2D eigenvalue weighted by Gasteiger charge is -2.09. The average molecular weight is 272 g/mol. The van der Waals surface area contributed by atoms with Gasteiger partial charge in [-0.2, -0.15) is 0 Å². The van der Waals surface area contributed by atoms with Crippen LogP contribution in [0.3, 0.4) is 0 Å². The molecule has 2 rings (SSSR count). The minimum absolute atomic E-state index is 0.266. The van der Waals surface area contributed by atoms with Crippen LogP contribution in [-0.2, 0) is 4.74 Å². The van der Waals surface area contributed by atoms with E-state index in [1.54, 1.807) is 25.3 Å². The zero-order chi connectivity index (χ0) is 14.5. The van der Waals surface area contributed by atoms with Gasteiger partial charge in [0.05, 0.1) is 24.2 Å². The van der Waals surface area contributed by atoms with Gasteiger partial charge < -0.3 is 15.8 Å². The number of rotatable bonds is 4. The van der Waals surface area contributed by atoms with Gasteiger partial charge in [-0.1, -0.05) is 0 Å². The van der Waals surface area contributed by atoms with Gasteiger partial charge >= 0.3 is 5.97 Å². The van der Waals surface area contributed by atoms with Gasteiger partial charge in [-0.3, -0.25) is 0 Å². The van der Waals surface area contributed by atoms with E-state index in [1.165, 1.54) is 6.20 Å². The lowest BCUT2D eigenvalue weighted by atomic mass is 10.2. The Kier molecular flexibility index (Phi) is 4.14. The molecule has 6 nitrogen and oxygen atoms in total. The van der Waals surface area contributed by atoms with E-state index >= 15 is 0 Å². The van der Waals surface area contributed by atoms with E-state index in [2.05, 4.69) is 15.3 Å². The van der Waals surface area contributed by atoms with E-state index in [0.29, 0.717) is 23.8 Å². The van der Waals surface area contributed by atoms with Gasteiger partial charge in [-0.15, -0.1) is 0 Å². The van der Waals surface area contributed by atoms with E-state index in [0.717, 1.165) is 5.56 Å². The number of nitrogen functional groups attached to an aromatic ring is 1. The predicted molar refractivity (Wildman–Crippen MR) is 76.9 cm³/mol. The number of nitrogens with one attached hydrogen (secondary N) is 1. The summed E-state index contributed by atoms with van der Waals surface area (Å²) in [5, 5.41) is 3.05. The Hall–Kier alpha value is -2.63. The number of anilines is 3. The van der Waals surface area contributed by atoms with Crippen LogP contribution in [0.1, 0.15) is 23.0 Å². The number of nitrogens with two attached hydrogens (primary N) is 1. The van der Waals surface area contributed by atoms with Crippen molar-refractivity contribution in [2.24, 2.45) is 0 Å². The number of nitrogens with zero attached hydrogens (tertiary/aromatic N) is 2. The van der Waals surface area contributed by atoms with Crippen LogP contribution in [0.4, 0.5) is 17.2 Å². The molecule has 0 bridgehead atoms. The summed E-state index contributed by atoms with van der Waals surface area (Å²) in [7, 11) is 0. The first kappa shape index (κ1) is 13.8. The summed E-state index contributed by atoms with van der Waals surface area (Å²) in [6, 6.07) is 5.14. The molecule has 0 atom stereocenters. The largest absolute Gasteiger partial charge is 0.461 e. The van der Waals surface area contributed by atoms with Crippen LogP contribution < -0.4 is 11.1 Å². The number of hydrogen-bond donors (Lipinski definition) is 2. The summed E-state index contributed by atoms with van der Waals surface area (Å²) in [4.78, 5) is 19.7. The van der Waals surface area contributed by atoms with Crippen LogP contribution in [0.25, 0.3) is 0 Å². The van der Waals surface area contributed by atoms with Crippen molar-refractivity contribution in [2.75, 3.05) is 17.7 Å². The lowest BCUT2D eigenvalue weighted by molar-refractivity contribution is 0.0519. The second-order valence-corrected chi connectivity index (χ2v) is 4.23. The van der Waals surface area contributed by atoms with Gasteiger partial charge in [0.2, 0.25) is 0 Å². The highest BCUT2D eigenvalue weighted by Gasteiger charge is 2.08. The maximum Gasteiger partial charge on any atom is 0.356 e. The highest BCUT2D eigenvalue weighted by molar-refractivity contribution is 5.87. The van der Waals surface area contributed by atoms with Crippen LogP contribution in [0, 0.1) is 6.92 Å². The molecule has 0 saturated heterocycles. The summed E-state index contributed by atoms with van der Waals surface area (Å²) < 4.78 is 4.86. The zero-order valence-corrected chi connectivity index (χ0v) is 11.4. The van der Waals surface area contributed by atoms with E-state index in [-0.39, 0.29) is 5.69 Å². The standard InChI is InChI=1S/C14H16N4O2/c1-3-20-14(19)12-5-4-10(8-16-12)18-13-11(15)6-9(2)7-17-13/h4-8H,3,15H2,1-2H3,(H,17,18). The van der Waals surface area contributed by atoms with E-state index in [9.17, 15) is 4.79 Å². The normalized spacial score (nSPS) is 10.1. The predicted octanol–water partition coefficient (Wildman–Crippen LogP) is 2.29. The fourth-order valence-electron chi connectivity index (χ4n) is 1.63. The molecule has 0 unspecified atom stereocenters. The summed E-state index contributed by atoms with van der Waals surface area (Å²) in [6.45, 7) is 3.99. The minimum Gasteiger partial charge on any atom is -0.461 e. The second kappa shape index (κ2) is 6.01. The Morgan fingerprint density at radius 3 is 2.75 bits per heavy atom. The molecule has 2 aromatic rings. The number of pyridine rings is 2. The Morgan fingerprint density at radius 2 is 2.15 bits per heavy atom. The molecule has 0 spiro atoms. The van der Waals surface area contributed by atoms with Crippen molar-refractivity contribution < 1.29 is 9.53 Å². The van der Waals surface area contributed by atoms with Crippen molar-refractivity contribution >= 4 is 23.2 Å². The molecule has 0 aliphatic heterocycles. The molecule has 0 aromatic carbocycles. The van der Waals surface area contributed by atoms with Gasteiger partial charge in [0.15, 0.2) is 5.82 Å². The topological polar surface area (TPSA) is 90.1 Å². The number of aromatic nitrogens is 2. The number of carbonyl (C=O) groups is 1. The first-order valence-electron chi connectivity index (χ1n) is 6.22. The molecule has 2 heterocycles. The molecule has 2 aromatic heterocycles. The van der Waals surface area contributed by atoms with Crippen molar-refractivity contribution in [2.45, 2.75) is 13.8 Å². The Bertz CT molecular complexity index is 611. The Morgan fingerprint density at radius 1 is 1.35 bits per heavy atom. The first-order valence-corrected chi connectivity index (χ1v) is 6.22. The lowest BCUT2D eigenvalue weighted by Crippen LogP contribution is -2.07. The number of carbonyl (C=O) groups excluding carboxylic acids is 1. The van der Waals surface area contributed by atoms with Crippen molar-refractivity contribution in [3.05, 3.63) is 41.9 Å². The summed E-state index contributed by atoms with van der Waals surface area (Å²) >= 11 is 0. The molecular weight excluding hydrogens is 256 g/mol. The smallest absolute Gasteiger partial charge is 0.356 e. The highest BCUT2D eigenvalue weighted by atomic mass is 16.5. The fraction of sp³-hybridized carbons (Fsp3) is 0.214. The molecule has 0 aliphatic rings. The molecule has 0 amide bonds. The number of esters is 1. The van der Waals surface area contributed by atoms with E-state index in [4.69, 9.17) is 10.5 Å². The van der Waals surface area contributed by atoms with Crippen LogP contribution in [0.5, 0.6) is 0 Å². The zero-order valence-electron chi connectivity index (χ0n) is 11.4. The molecule has 0 saturated carbocycles. The number of hydrogen-bond acceptors (Lipinski definition) is 6. The molecule has 0 radical (unpaired) electrons. The van der Waals surface area contributed by atoms with Gasteiger partial charge in [0.25, 0.3) is 0 Å². The van der Waals surface area contributed by atoms with Gasteiger partial charge in [-0.05, 0) is 37.6 Å². The van der Waals surface area contributed by atoms with Crippen LogP contribution >= 0.6 is 0 Å². The van der Waals surface area contributed by atoms with Crippen molar-refractivity contribution in [1.29, 1.82) is 0 Å². The average Bonchev–Trinajstić information content (AvgIpc) is 2.43. The molecule has 0 aliphatic carbocycles. The van der Waals surface area contributed by atoms with Gasteiger partial charge in [-0.25, -0.2) is 14.8 Å². The SMILES string of the molecule is CCOC(=O)c1ccc(Nc2ncc(C)cc2N)cn1. The summed E-state index contributed by atoms with van der Waals surface area (Å²) in [5.41, 5.74) is 8.37. The van der Waals surface area contributed by atoms with Crippen LogP contribution in [0.2, 0.25) is 0 Å². The molecule has 104 valence electrons. The maximum atomic E-state index is 11.5. The van der Waals surface area contributed by atoms with E-state index in [1.807, 2.05) is 13.0 Å². The Labute approximate surface area is 117 Å². The van der Waals surface area contributed by atoms with Crippen LogP contribution in [-0.4, -0.2) is 22.5 Å². The number of aryl methyl sites for hydroxylation is 1. The van der Waals surface area contributed by atoms with E-state index < -0.39 is 5.97 Å². The molecule has 0 fully saturated rings. The quantitative estimate of drug-likeness (QED) is 0.830. The minimum atomic E-state index is -0.438. The number of ether oxygens (including phenoxy) is 1. The molecule has 6 heteroatoms. The van der Waals surface area contributed by atoms with Crippen molar-refractivity contribution in [1.82, 2.24) is 9.97 Å². The third kappa shape index (κ3) is 3.23. The summed E-state index contributed by atoms with van der Waals surface area (Å²) in [5.74, 6) is 0.119. The highest BCUT2D eigenvalue weighted by Crippen LogP contribution is 2.20. The van der Waals surface area contributed by atoms with Gasteiger partial charge in [0.1, 0.15) is 5.69 Å². The molecule has 20 heavy (non-hydrogen) atoms. The molecule has 3 N–H and O–H groups in total. The Balaban J connectivity index is 2.12. The summed E-state index contributed by atoms with van der Waals surface area (Å²) in [6.07, 6.45) is 3.26. The third-order valence-corrected chi connectivity index (χ3v) is 2.56. The molecular formula is C14H16N4O2. The maximum absolute atomic E-state index is 11.5.